The van der Waals surface area contributed by atoms with Crippen molar-refractivity contribution in [1.82, 2.24) is 0 Å². The average molecular weight is 435 g/mol. The van der Waals surface area contributed by atoms with Crippen LogP contribution in [0.25, 0.3) is 0 Å². The van der Waals surface area contributed by atoms with Crippen LogP contribution in [0.4, 0.5) is 17.1 Å². The summed E-state index contributed by atoms with van der Waals surface area (Å²) >= 11 is 0. The Morgan fingerprint density at radius 1 is 1.00 bits per heavy atom. The summed E-state index contributed by atoms with van der Waals surface area (Å²) in [4.78, 5) is 41.6. The molecule has 0 bridgehead atoms. The SMILES string of the molecule is CCOC(=O)C1=C(C(=O)OCC)C2(O[C@H]3Nc4ccccc4N13)C(=O)Nc1ccccc12. The highest BCUT2D eigenvalue weighted by Gasteiger charge is 2.62. The molecule has 3 heterocycles. The number of fused-ring (bicyclic) bond motifs is 5. The van der Waals surface area contributed by atoms with E-state index < -0.39 is 29.8 Å². The van der Waals surface area contributed by atoms with Gasteiger partial charge in [0.2, 0.25) is 12.0 Å². The Kier molecular flexibility index (Phi) is 4.63. The van der Waals surface area contributed by atoms with Gasteiger partial charge in [-0.1, -0.05) is 30.3 Å². The second kappa shape index (κ2) is 7.38. The first-order chi connectivity index (χ1) is 15.5. The molecule has 0 radical (unpaired) electrons. The van der Waals surface area contributed by atoms with Crippen LogP contribution in [0.5, 0.6) is 0 Å². The van der Waals surface area contributed by atoms with Crippen LogP contribution < -0.4 is 15.5 Å². The number of carbonyl (C=O) groups excluding carboxylic acids is 3. The summed E-state index contributed by atoms with van der Waals surface area (Å²) in [5, 5.41) is 5.96. The van der Waals surface area contributed by atoms with E-state index in [1.807, 2.05) is 12.1 Å². The van der Waals surface area contributed by atoms with Gasteiger partial charge < -0.3 is 24.8 Å². The maximum absolute atomic E-state index is 13.4. The number of nitrogens with one attached hydrogen (secondary N) is 2. The number of hydrogen-bond acceptors (Lipinski definition) is 8. The minimum Gasteiger partial charge on any atom is -0.462 e. The Balaban J connectivity index is 1.83. The Morgan fingerprint density at radius 3 is 2.41 bits per heavy atom. The van der Waals surface area contributed by atoms with E-state index in [1.54, 1.807) is 55.1 Å². The van der Waals surface area contributed by atoms with E-state index >= 15 is 0 Å². The van der Waals surface area contributed by atoms with Crippen molar-refractivity contribution in [2.45, 2.75) is 25.8 Å². The van der Waals surface area contributed by atoms with Gasteiger partial charge in [0.25, 0.3) is 5.91 Å². The molecule has 2 aromatic carbocycles. The number of ether oxygens (including phenoxy) is 3. The van der Waals surface area contributed by atoms with Crippen LogP contribution in [0, 0.1) is 0 Å². The lowest BCUT2D eigenvalue weighted by Crippen LogP contribution is -2.57. The van der Waals surface area contributed by atoms with Crippen molar-refractivity contribution in [3.05, 3.63) is 65.4 Å². The summed E-state index contributed by atoms with van der Waals surface area (Å²) in [6.45, 7) is 3.46. The van der Waals surface area contributed by atoms with Crippen LogP contribution in [0.1, 0.15) is 19.4 Å². The van der Waals surface area contributed by atoms with Gasteiger partial charge in [-0.15, -0.1) is 0 Å². The number of amides is 1. The highest BCUT2D eigenvalue weighted by atomic mass is 16.6. The Bertz CT molecular complexity index is 1180. The number of benzene rings is 2. The predicted octanol–water partition coefficient (Wildman–Crippen LogP) is 2.46. The number of hydrogen-bond donors (Lipinski definition) is 2. The molecule has 3 aliphatic heterocycles. The van der Waals surface area contributed by atoms with Crippen LogP contribution in [-0.2, 0) is 34.2 Å². The van der Waals surface area contributed by atoms with Gasteiger partial charge >= 0.3 is 11.9 Å². The number of carbonyl (C=O) groups is 3. The van der Waals surface area contributed by atoms with Gasteiger partial charge in [0, 0.05) is 11.3 Å². The second-order valence-electron chi connectivity index (χ2n) is 7.35. The van der Waals surface area contributed by atoms with E-state index in [4.69, 9.17) is 14.2 Å². The number of nitrogens with zero attached hydrogens (tertiary/aromatic N) is 1. The highest BCUT2D eigenvalue weighted by Crippen LogP contribution is 2.53. The zero-order valence-corrected chi connectivity index (χ0v) is 17.5. The lowest BCUT2D eigenvalue weighted by Gasteiger charge is -2.42. The highest BCUT2D eigenvalue weighted by molar-refractivity contribution is 6.17. The molecule has 1 amide bonds. The van der Waals surface area contributed by atoms with Gasteiger partial charge in [0.05, 0.1) is 24.6 Å². The zero-order chi connectivity index (χ0) is 22.5. The number of anilines is 3. The van der Waals surface area contributed by atoms with Gasteiger partial charge in [-0.2, -0.15) is 0 Å². The summed E-state index contributed by atoms with van der Waals surface area (Å²) in [5.41, 5.74) is 0.0240. The van der Waals surface area contributed by atoms with Gasteiger partial charge in [-0.3, -0.25) is 9.69 Å². The lowest BCUT2D eigenvalue weighted by molar-refractivity contribution is -0.157. The summed E-state index contributed by atoms with van der Waals surface area (Å²) in [5.74, 6) is -2.16. The maximum Gasteiger partial charge on any atom is 0.355 e. The van der Waals surface area contributed by atoms with Crippen molar-refractivity contribution < 1.29 is 28.6 Å². The monoisotopic (exact) mass is 435 g/mol. The quantitative estimate of drug-likeness (QED) is 0.706. The van der Waals surface area contributed by atoms with Crippen molar-refractivity contribution >= 4 is 34.9 Å². The fraction of sp³-hybridized carbons (Fsp3) is 0.261. The summed E-state index contributed by atoms with van der Waals surface area (Å²) in [7, 11) is 0. The zero-order valence-electron chi connectivity index (χ0n) is 17.5. The molecule has 0 saturated heterocycles. The van der Waals surface area contributed by atoms with Crippen LogP contribution >= 0.6 is 0 Å². The normalized spacial score (nSPS) is 22.6. The minimum absolute atomic E-state index is 0.0516. The molecule has 0 fully saturated rings. The van der Waals surface area contributed by atoms with Crippen molar-refractivity contribution in [3.8, 4) is 0 Å². The molecule has 0 aromatic heterocycles. The standard InChI is InChI=1S/C23H21N3O6/c1-3-30-19(27)17-18(20(28)31-4-2)26-16-12-8-7-11-15(16)25-22(26)32-23(17)13-9-5-6-10-14(13)24-21(23)29/h5-12,22,25H,3-4H2,1-2H3,(H,24,29)/t22-,23?/m0/s1. The molecule has 32 heavy (non-hydrogen) atoms. The summed E-state index contributed by atoms with van der Waals surface area (Å²) in [6.07, 6.45) is -0.929. The first-order valence-electron chi connectivity index (χ1n) is 10.4. The van der Waals surface area contributed by atoms with Crippen LogP contribution in [-0.4, -0.2) is 37.4 Å². The van der Waals surface area contributed by atoms with Crippen molar-refractivity contribution in [2.24, 2.45) is 0 Å². The maximum atomic E-state index is 13.4. The third kappa shape index (κ3) is 2.64. The summed E-state index contributed by atoms with van der Waals surface area (Å²) < 4.78 is 17.0. The van der Waals surface area contributed by atoms with E-state index in [9.17, 15) is 14.4 Å². The summed E-state index contributed by atoms with van der Waals surface area (Å²) in [6, 6.07) is 14.1. The average Bonchev–Trinajstić information content (AvgIpc) is 3.28. The van der Waals surface area contributed by atoms with Gasteiger partial charge in [0.15, 0.2) is 0 Å². The minimum atomic E-state index is -1.89. The largest absolute Gasteiger partial charge is 0.462 e. The molecule has 5 rings (SSSR count). The molecule has 164 valence electrons. The lowest BCUT2D eigenvalue weighted by atomic mass is 9.83. The molecular formula is C23H21N3O6. The van der Waals surface area contributed by atoms with Crippen molar-refractivity contribution in [3.63, 3.8) is 0 Å². The fourth-order valence-electron chi connectivity index (χ4n) is 4.40. The van der Waals surface area contributed by atoms with E-state index in [0.717, 1.165) is 0 Å². The molecule has 0 saturated carbocycles. The Morgan fingerprint density at radius 2 is 1.66 bits per heavy atom. The Hall–Kier alpha value is -3.85. The van der Waals surface area contributed by atoms with Crippen LogP contribution in [0.2, 0.25) is 0 Å². The van der Waals surface area contributed by atoms with E-state index in [0.29, 0.717) is 22.6 Å². The first kappa shape index (κ1) is 20.1. The molecule has 9 heteroatoms. The Labute approximate surface area is 183 Å². The number of esters is 2. The van der Waals surface area contributed by atoms with Crippen LogP contribution in [0.3, 0.4) is 0 Å². The van der Waals surface area contributed by atoms with E-state index in [-0.39, 0.29) is 24.5 Å². The third-order valence-electron chi connectivity index (χ3n) is 5.62. The molecule has 1 unspecified atom stereocenters. The molecular weight excluding hydrogens is 414 g/mol. The smallest absolute Gasteiger partial charge is 0.355 e. The number of para-hydroxylation sites is 3. The molecule has 2 N–H and O–H groups in total. The molecule has 3 aliphatic rings. The molecule has 9 nitrogen and oxygen atoms in total. The fourth-order valence-corrected chi connectivity index (χ4v) is 4.40. The molecule has 1 spiro atoms. The molecule has 2 aromatic rings. The molecule has 0 aliphatic carbocycles. The van der Waals surface area contributed by atoms with Gasteiger partial charge in [-0.05, 0) is 32.0 Å². The topological polar surface area (TPSA) is 106 Å². The van der Waals surface area contributed by atoms with E-state index in [1.165, 1.54) is 0 Å². The van der Waals surface area contributed by atoms with Crippen LogP contribution in [0.15, 0.2) is 59.8 Å². The van der Waals surface area contributed by atoms with Crippen molar-refractivity contribution in [2.75, 3.05) is 28.7 Å². The van der Waals surface area contributed by atoms with Gasteiger partial charge in [0.1, 0.15) is 11.3 Å². The van der Waals surface area contributed by atoms with Crippen molar-refractivity contribution in [1.29, 1.82) is 0 Å². The predicted molar refractivity (Wildman–Crippen MR) is 114 cm³/mol. The second-order valence-corrected chi connectivity index (χ2v) is 7.35. The number of rotatable bonds is 4. The molecule has 2 atom stereocenters. The van der Waals surface area contributed by atoms with Gasteiger partial charge in [-0.25, -0.2) is 9.59 Å². The first-order valence-corrected chi connectivity index (χ1v) is 10.4. The third-order valence-corrected chi connectivity index (χ3v) is 5.62. The van der Waals surface area contributed by atoms with E-state index in [2.05, 4.69) is 10.6 Å².